The molecule has 0 unspecified atom stereocenters. The lowest BCUT2D eigenvalue weighted by molar-refractivity contribution is -0.144. The van der Waals surface area contributed by atoms with E-state index in [1.807, 2.05) is 6.92 Å². The van der Waals surface area contributed by atoms with Crippen LogP contribution >= 0.6 is 0 Å². The molecule has 0 bridgehead atoms. The first kappa shape index (κ1) is 13.0. The van der Waals surface area contributed by atoms with Crippen molar-refractivity contribution in [1.29, 1.82) is 0 Å². The van der Waals surface area contributed by atoms with Crippen molar-refractivity contribution < 1.29 is 9.18 Å². The Kier molecular flexibility index (Phi) is 4.29. The van der Waals surface area contributed by atoms with Crippen molar-refractivity contribution in [2.75, 3.05) is 26.2 Å². The molecule has 0 aromatic rings. The maximum absolute atomic E-state index is 13.5. The third-order valence-corrected chi connectivity index (χ3v) is 2.86. The van der Waals surface area contributed by atoms with Gasteiger partial charge in [-0.05, 0) is 25.1 Å². The molecule has 16 heavy (non-hydrogen) atoms. The highest BCUT2D eigenvalue weighted by Crippen LogP contribution is 2.28. The molecule has 0 radical (unpaired) electrons. The summed E-state index contributed by atoms with van der Waals surface area (Å²) in [5, 5.41) is 2.87. The lowest BCUT2D eigenvalue weighted by Crippen LogP contribution is -2.61. The molecule has 0 aromatic carbocycles. The Morgan fingerprint density at radius 3 is 2.75 bits per heavy atom. The Labute approximate surface area is 95.7 Å². The molecular formula is C11H20FN3O. The van der Waals surface area contributed by atoms with Crippen LogP contribution in [-0.4, -0.2) is 42.7 Å². The number of carbonyl (C=O) groups is 1. The van der Waals surface area contributed by atoms with E-state index in [1.165, 1.54) is 4.90 Å². The van der Waals surface area contributed by atoms with Gasteiger partial charge in [-0.15, -0.1) is 0 Å². The summed E-state index contributed by atoms with van der Waals surface area (Å²) < 4.78 is 13.5. The topological polar surface area (TPSA) is 58.4 Å². The molecule has 0 atom stereocenters. The summed E-state index contributed by atoms with van der Waals surface area (Å²) in [5.41, 5.74) is 5.21. The molecule has 1 aliphatic heterocycles. The zero-order chi connectivity index (χ0) is 12.2. The minimum Gasteiger partial charge on any atom is -0.382 e. The van der Waals surface area contributed by atoms with E-state index in [4.69, 9.17) is 5.73 Å². The number of hydrogen-bond acceptors (Lipinski definition) is 3. The number of nitrogens with two attached hydrogens (primary N) is 1. The van der Waals surface area contributed by atoms with Crippen LogP contribution in [-0.2, 0) is 4.79 Å². The first-order valence-electron chi connectivity index (χ1n) is 5.56. The third kappa shape index (κ3) is 3.20. The molecule has 1 saturated heterocycles. The summed E-state index contributed by atoms with van der Waals surface area (Å²) in [7, 11) is 0. The van der Waals surface area contributed by atoms with E-state index >= 15 is 0 Å². The number of halogens is 1. The SMILES string of the molecule is CCC1(F)CN(C(=O)CN/C=C(/C)CN)C1. The van der Waals surface area contributed by atoms with E-state index in [2.05, 4.69) is 5.32 Å². The maximum atomic E-state index is 13.5. The third-order valence-electron chi connectivity index (χ3n) is 2.86. The number of likely N-dealkylation sites (tertiary alicyclic amines) is 1. The highest BCUT2D eigenvalue weighted by Gasteiger charge is 2.43. The normalized spacial score (nSPS) is 19.2. The van der Waals surface area contributed by atoms with Crippen LogP contribution in [0.2, 0.25) is 0 Å². The van der Waals surface area contributed by atoms with Crippen LogP contribution < -0.4 is 11.1 Å². The van der Waals surface area contributed by atoms with Gasteiger partial charge in [0.2, 0.25) is 5.91 Å². The lowest BCUT2D eigenvalue weighted by atomic mass is 9.93. The molecule has 1 amide bonds. The summed E-state index contributed by atoms with van der Waals surface area (Å²) >= 11 is 0. The molecule has 5 heteroatoms. The predicted molar refractivity (Wildman–Crippen MR) is 61.5 cm³/mol. The average Bonchev–Trinajstić information content (AvgIpc) is 2.24. The first-order chi connectivity index (χ1) is 7.50. The number of rotatable bonds is 5. The van der Waals surface area contributed by atoms with Crippen LogP contribution in [0.3, 0.4) is 0 Å². The Balaban J connectivity index is 2.23. The van der Waals surface area contributed by atoms with Crippen molar-refractivity contribution in [1.82, 2.24) is 10.2 Å². The van der Waals surface area contributed by atoms with Crippen molar-refractivity contribution in [2.45, 2.75) is 25.9 Å². The highest BCUT2D eigenvalue weighted by atomic mass is 19.1. The standard InChI is InChI=1S/C11H20FN3O/c1-3-11(12)7-15(8-11)10(16)6-14-5-9(2)4-13/h5,14H,3-4,6-8,13H2,1-2H3/b9-5-. The van der Waals surface area contributed by atoms with E-state index in [0.29, 0.717) is 13.0 Å². The molecule has 1 aliphatic rings. The maximum Gasteiger partial charge on any atom is 0.242 e. The molecule has 1 heterocycles. The van der Waals surface area contributed by atoms with Crippen LogP contribution in [0.15, 0.2) is 11.8 Å². The monoisotopic (exact) mass is 229 g/mol. The second-order valence-electron chi connectivity index (χ2n) is 4.33. The largest absolute Gasteiger partial charge is 0.382 e. The van der Waals surface area contributed by atoms with Gasteiger partial charge in [-0.2, -0.15) is 0 Å². The summed E-state index contributed by atoms with van der Waals surface area (Å²) in [6.07, 6.45) is 2.19. The molecular weight excluding hydrogens is 209 g/mol. The van der Waals surface area contributed by atoms with Crippen LogP contribution in [0.1, 0.15) is 20.3 Å². The molecule has 0 aliphatic carbocycles. The van der Waals surface area contributed by atoms with Gasteiger partial charge in [0.15, 0.2) is 0 Å². The smallest absolute Gasteiger partial charge is 0.242 e. The fraction of sp³-hybridized carbons (Fsp3) is 0.727. The predicted octanol–water partition coefficient (Wildman–Crippen LogP) is 0.399. The minimum absolute atomic E-state index is 0.0669. The number of amides is 1. The van der Waals surface area contributed by atoms with E-state index in [9.17, 15) is 9.18 Å². The fourth-order valence-electron chi connectivity index (χ4n) is 1.52. The van der Waals surface area contributed by atoms with Crippen molar-refractivity contribution in [2.24, 2.45) is 5.73 Å². The van der Waals surface area contributed by atoms with E-state index in [0.717, 1.165) is 5.57 Å². The summed E-state index contributed by atoms with van der Waals surface area (Å²) in [5.74, 6) is -0.0669. The Hall–Kier alpha value is -1.10. The van der Waals surface area contributed by atoms with Crippen molar-refractivity contribution >= 4 is 5.91 Å². The average molecular weight is 229 g/mol. The zero-order valence-corrected chi connectivity index (χ0v) is 9.92. The molecule has 0 saturated carbocycles. The van der Waals surface area contributed by atoms with Gasteiger partial charge < -0.3 is 16.0 Å². The number of nitrogens with one attached hydrogen (secondary N) is 1. The van der Waals surface area contributed by atoms with Gasteiger partial charge in [-0.3, -0.25) is 4.79 Å². The van der Waals surface area contributed by atoms with E-state index < -0.39 is 5.67 Å². The second-order valence-corrected chi connectivity index (χ2v) is 4.33. The number of hydrogen-bond donors (Lipinski definition) is 2. The molecule has 1 fully saturated rings. The van der Waals surface area contributed by atoms with Gasteiger partial charge in [0.05, 0.1) is 19.6 Å². The molecule has 0 aromatic heterocycles. The van der Waals surface area contributed by atoms with Crippen molar-refractivity contribution in [3.05, 3.63) is 11.8 Å². The Morgan fingerprint density at radius 2 is 2.25 bits per heavy atom. The molecule has 3 N–H and O–H groups in total. The van der Waals surface area contributed by atoms with Crippen LogP contribution in [0.5, 0.6) is 0 Å². The van der Waals surface area contributed by atoms with Gasteiger partial charge >= 0.3 is 0 Å². The van der Waals surface area contributed by atoms with Gasteiger partial charge in [-0.25, -0.2) is 4.39 Å². The first-order valence-corrected chi connectivity index (χ1v) is 5.56. The van der Waals surface area contributed by atoms with Crippen molar-refractivity contribution in [3.8, 4) is 0 Å². The van der Waals surface area contributed by atoms with Crippen molar-refractivity contribution in [3.63, 3.8) is 0 Å². The second kappa shape index (κ2) is 5.30. The lowest BCUT2D eigenvalue weighted by Gasteiger charge is -2.44. The summed E-state index contributed by atoms with van der Waals surface area (Å²) in [6, 6.07) is 0. The van der Waals surface area contributed by atoms with Gasteiger partial charge in [-0.1, -0.05) is 6.92 Å². The van der Waals surface area contributed by atoms with Crippen LogP contribution in [0, 0.1) is 0 Å². The van der Waals surface area contributed by atoms with Gasteiger partial charge in [0.1, 0.15) is 5.67 Å². The van der Waals surface area contributed by atoms with E-state index in [-0.39, 0.29) is 25.5 Å². The van der Waals surface area contributed by atoms with Gasteiger partial charge in [0.25, 0.3) is 0 Å². The number of nitrogens with zero attached hydrogens (tertiary/aromatic N) is 1. The number of alkyl halides is 1. The molecule has 0 spiro atoms. The summed E-state index contributed by atoms with van der Waals surface area (Å²) in [4.78, 5) is 13.1. The van der Waals surface area contributed by atoms with E-state index in [1.54, 1.807) is 13.1 Å². The quantitative estimate of drug-likeness (QED) is 0.717. The Bertz CT molecular complexity index is 285. The fourth-order valence-corrected chi connectivity index (χ4v) is 1.52. The molecule has 1 rings (SSSR count). The van der Waals surface area contributed by atoms with Crippen LogP contribution in [0.25, 0.3) is 0 Å². The molecule has 92 valence electrons. The Morgan fingerprint density at radius 1 is 1.62 bits per heavy atom. The van der Waals surface area contributed by atoms with Gasteiger partial charge in [0, 0.05) is 6.54 Å². The summed E-state index contributed by atoms with van der Waals surface area (Å²) in [6.45, 7) is 4.80. The molecule has 4 nitrogen and oxygen atoms in total. The van der Waals surface area contributed by atoms with Crippen LogP contribution in [0.4, 0.5) is 4.39 Å². The number of carbonyl (C=O) groups excluding carboxylic acids is 1. The highest BCUT2D eigenvalue weighted by molar-refractivity contribution is 5.79. The zero-order valence-electron chi connectivity index (χ0n) is 9.92. The minimum atomic E-state index is -1.15.